The van der Waals surface area contributed by atoms with Crippen LogP contribution in [0.1, 0.15) is 10.4 Å². The van der Waals surface area contributed by atoms with Gasteiger partial charge in [-0.2, -0.15) is 26.8 Å². The second kappa shape index (κ2) is 5.83. The van der Waals surface area contributed by atoms with Crippen molar-refractivity contribution in [1.82, 2.24) is 20.6 Å². The predicted molar refractivity (Wildman–Crippen MR) is 66.6 cm³/mol. The number of aromatic nitrogens is 4. The number of benzene rings is 1. The lowest BCUT2D eigenvalue weighted by Gasteiger charge is -2.11. The molecule has 0 radical (unpaired) electrons. The lowest BCUT2D eigenvalue weighted by atomic mass is 10.1. The van der Waals surface area contributed by atoms with Crippen molar-refractivity contribution < 1.29 is 35.3 Å². The molecule has 2 aromatic rings. The van der Waals surface area contributed by atoms with Crippen molar-refractivity contribution in [3.63, 3.8) is 0 Å². The summed E-state index contributed by atoms with van der Waals surface area (Å²) in [4.78, 5) is 11.5. The van der Waals surface area contributed by atoms with E-state index in [0.717, 1.165) is 19.2 Å². The van der Waals surface area contributed by atoms with Crippen molar-refractivity contribution in [2.45, 2.75) is 5.51 Å². The van der Waals surface area contributed by atoms with E-state index < -0.39 is 27.3 Å². The first-order chi connectivity index (χ1) is 10.6. The van der Waals surface area contributed by atoms with E-state index in [2.05, 4.69) is 29.5 Å². The average Bonchev–Trinajstić information content (AvgIpc) is 2.98. The van der Waals surface area contributed by atoms with Gasteiger partial charge in [-0.15, -0.1) is 10.2 Å². The van der Waals surface area contributed by atoms with Crippen LogP contribution < -0.4 is 4.18 Å². The Kier molecular flexibility index (Phi) is 4.22. The quantitative estimate of drug-likeness (QED) is 0.488. The van der Waals surface area contributed by atoms with E-state index in [1.165, 1.54) is 6.07 Å². The summed E-state index contributed by atoms with van der Waals surface area (Å²) in [6, 6.07) is 2.85. The molecule has 1 N–H and O–H groups in total. The van der Waals surface area contributed by atoms with Gasteiger partial charge in [-0.3, -0.25) is 0 Å². The fourth-order valence-electron chi connectivity index (χ4n) is 1.47. The van der Waals surface area contributed by atoms with Gasteiger partial charge in [0, 0.05) is 5.56 Å². The number of carbonyl (C=O) groups is 1. The van der Waals surface area contributed by atoms with Gasteiger partial charge in [0.05, 0.1) is 12.7 Å². The number of nitrogens with zero attached hydrogens (tertiary/aromatic N) is 3. The first-order valence-electron chi connectivity index (χ1n) is 5.62. The van der Waals surface area contributed by atoms with Crippen LogP contribution in [0.2, 0.25) is 0 Å². The lowest BCUT2D eigenvalue weighted by molar-refractivity contribution is -0.0500. The number of methoxy groups -OCH3 is 1. The van der Waals surface area contributed by atoms with Gasteiger partial charge in [-0.25, -0.2) is 4.79 Å². The SMILES string of the molecule is COC(=O)c1cc(OS(=O)(=O)C(F)(F)F)cc(-c2nn[nH]n2)c1. The molecular formula is C10H7F3N4O5S. The second-order valence-corrected chi connectivity index (χ2v) is 5.49. The van der Waals surface area contributed by atoms with E-state index in [1.807, 2.05) is 0 Å². The highest BCUT2D eigenvalue weighted by atomic mass is 32.2. The highest BCUT2D eigenvalue weighted by Crippen LogP contribution is 2.30. The Bertz CT molecular complexity index is 820. The van der Waals surface area contributed by atoms with E-state index in [9.17, 15) is 26.4 Å². The third kappa shape index (κ3) is 3.56. The highest BCUT2D eigenvalue weighted by Gasteiger charge is 2.48. The molecule has 0 unspecified atom stereocenters. The van der Waals surface area contributed by atoms with E-state index in [0.29, 0.717) is 0 Å². The van der Waals surface area contributed by atoms with Crippen LogP contribution in [0.15, 0.2) is 18.2 Å². The number of carbonyl (C=O) groups excluding carboxylic acids is 1. The third-order valence-electron chi connectivity index (χ3n) is 2.42. The van der Waals surface area contributed by atoms with Crippen LogP contribution in [-0.4, -0.2) is 47.6 Å². The highest BCUT2D eigenvalue weighted by molar-refractivity contribution is 7.88. The number of H-pyrrole nitrogens is 1. The number of esters is 1. The van der Waals surface area contributed by atoms with Gasteiger partial charge < -0.3 is 8.92 Å². The van der Waals surface area contributed by atoms with Gasteiger partial charge >= 0.3 is 21.6 Å². The lowest BCUT2D eigenvalue weighted by Crippen LogP contribution is -2.28. The van der Waals surface area contributed by atoms with Crippen LogP contribution in [0.5, 0.6) is 5.75 Å². The Labute approximate surface area is 126 Å². The van der Waals surface area contributed by atoms with E-state index in [1.54, 1.807) is 0 Å². The van der Waals surface area contributed by atoms with Crippen LogP contribution >= 0.6 is 0 Å². The van der Waals surface area contributed by atoms with Crippen molar-refractivity contribution >= 4 is 16.1 Å². The van der Waals surface area contributed by atoms with Crippen LogP contribution in [0, 0.1) is 0 Å². The summed E-state index contributed by atoms with van der Waals surface area (Å²) in [6.45, 7) is 0. The van der Waals surface area contributed by atoms with Crippen molar-refractivity contribution in [1.29, 1.82) is 0 Å². The number of tetrazole rings is 1. The number of hydrogen-bond acceptors (Lipinski definition) is 8. The maximum absolute atomic E-state index is 12.4. The maximum atomic E-state index is 12.4. The van der Waals surface area contributed by atoms with Crippen molar-refractivity contribution in [3.05, 3.63) is 23.8 Å². The number of hydrogen-bond donors (Lipinski definition) is 1. The molecular weight excluding hydrogens is 345 g/mol. The normalized spacial score (nSPS) is 12.0. The number of nitrogens with one attached hydrogen (secondary N) is 1. The Balaban J connectivity index is 2.51. The molecule has 0 aliphatic heterocycles. The molecule has 2 rings (SSSR count). The topological polar surface area (TPSA) is 124 Å². The number of aromatic amines is 1. The molecule has 0 aliphatic carbocycles. The van der Waals surface area contributed by atoms with Gasteiger partial charge in [-0.1, -0.05) is 0 Å². The molecule has 1 heterocycles. The van der Waals surface area contributed by atoms with Gasteiger partial charge in [0.2, 0.25) is 5.82 Å². The number of halogens is 3. The first kappa shape index (κ1) is 16.7. The van der Waals surface area contributed by atoms with Gasteiger partial charge in [-0.05, 0) is 23.4 Å². The Hall–Kier alpha value is -2.70. The summed E-state index contributed by atoms with van der Waals surface area (Å²) in [5.74, 6) is -1.78. The summed E-state index contributed by atoms with van der Waals surface area (Å²) >= 11 is 0. The van der Waals surface area contributed by atoms with Crippen LogP contribution in [0.4, 0.5) is 13.2 Å². The maximum Gasteiger partial charge on any atom is 0.534 e. The molecule has 13 heteroatoms. The molecule has 9 nitrogen and oxygen atoms in total. The molecule has 0 saturated carbocycles. The van der Waals surface area contributed by atoms with Crippen LogP contribution in [0.25, 0.3) is 11.4 Å². The molecule has 1 aromatic carbocycles. The van der Waals surface area contributed by atoms with Crippen molar-refractivity contribution in [3.8, 4) is 17.1 Å². The number of ether oxygens (including phenoxy) is 1. The Morgan fingerprint density at radius 3 is 2.48 bits per heavy atom. The molecule has 0 fully saturated rings. The minimum absolute atomic E-state index is 0.00553. The average molecular weight is 352 g/mol. The zero-order valence-electron chi connectivity index (χ0n) is 11.2. The third-order valence-corrected chi connectivity index (χ3v) is 3.40. The van der Waals surface area contributed by atoms with Crippen LogP contribution in [0.3, 0.4) is 0 Å². The van der Waals surface area contributed by atoms with E-state index in [-0.39, 0.29) is 17.0 Å². The monoisotopic (exact) mass is 352 g/mol. The fourth-order valence-corrected chi connectivity index (χ4v) is 1.91. The Morgan fingerprint density at radius 1 is 1.26 bits per heavy atom. The van der Waals surface area contributed by atoms with Crippen molar-refractivity contribution in [2.24, 2.45) is 0 Å². The van der Waals surface area contributed by atoms with Crippen molar-refractivity contribution in [2.75, 3.05) is 7.11 Å². The molecule has 0 spiro atoms. The second-order valence-electron chi connectivity index (χ2n) is 3.96. The van der Waals surface area contributed by atoms with Gasteiger partial charge in [0.15, 0.2) is 0 Å². The fraction of sp³-hybridized carbons (Fsp3) is 0.200. The zero-order chi connectivity index (χ0) is 17.3. The standard InChI is InChI=1S/C10H7F3N4O5S/c1-21-9(18)6-2-5(8-14-16-17-15-8)3-7(4-6)22-23(19,20)10(11,12)13/h2-4H,1H3,(H,14,15,16,17). The van der Waals surface area contributed by atoms with Crippen LogP contribution in [-0.2, 0) is 14.9 Å². The smallest absolute Gasteiger partial charge is 0.465 e. The summed E-state index contributed by atoms with van der Waals surface area (Å²) in [7, 11) is -4.86. The summed E-state index contributed by atoms with van der Waals surface area (Å²) in [5, 5.41) is 12.5. The van der Waals surface area contributed by atoms with Gasteiger partial charge in [0.1, 0.15) is 5.75 Å². The molecule has 23 heavy (non-hydrogen) atoms. The Morgan fingerprint density at radius 2 is 1.96 bits per heavy atom. The molecule has 0 bridgehead atoms. The predicted octanol–water partition coefficient (Wildman–Crippen LogP) is 0.882. The summed E-state index contributed by atoms with van der Waals surface area (Å²) in [6.07, 6.45) is 0. The summed E-state index contributed by atoms with van der Waals surface area (Å²) < 4.78 is 67.7. The summed E-state index contributed by atoms with van der Waals surface area (Å²) in [5.41, 5.74) is -5.89. The number of rotatable bonds is 4. The largest absolute Gasteiger partial charge is 0.534 e. The molecule has 0 saturated heterocycles. The van der Waals surface area contributed by atoms with Gasteiger partial charge in [0.25, 0.3) is 0 Å². The van der Waals surface area contributed by atoms with E-state index in [4.69, 9.17) is 0 Å². The zero-order valence-corrected chi connectivity index (χ0v) is 12.0. The molecule has 0 amide bonds. The molecule has 0 atom stereocenters. The minimum Gasteiger partial charge on any atom is -0.465 e. The van der Waals surface area contributed by atoms with E-state index >= 15 is 0 Å². The number of alkyl halides is 3. The molecule has 1 aromatic heterocycles. The minimum atomic E-state index is -5.90. The first-order valence-corrected chi connectivity index (χ1v) is 7.03. The molecule has 0 aliphatic rings. The molecule has 124 valence electrons.